The van der Waals surface area contributed by atoms with Gasteiger partial charge in [0.25, 0.3) is 0 Å². The number of nitrogens with one attached hydrogen (secondary N) is 1. The highest BCUT2D eigenvalue weighted by Crippen LogP contribution is 2.20. The summed E-state index contributed by atoms with van der Waals surface area (Å²) in [6.07, 6.45) is 0.446. The molecule has 0 fully saturated rings. The third-order valence-electron chi connectivity index (χ3n) is 5.54. The van der Waals surface area contributed by atoms with E-state index in [0.29, 0.717) is 23.7 Å². The SMILES string of the molecule is Cc1cccc(CSCC(=O)N(Cc2ccc(Cl)cc2)C(Cc2ccccc2)C(=O)NC(C)C)c1. The molecule has 0 aliphatic heterocycles. The Morgan fingerprint density at radius 1 is 0.914 bits per heavy atom. The van der Waals surface area contributed by atoms with Gasteiger partial charge in [0.2, 0.25) is 11.8 Å². The molecule has 3 aromatic rings. The molecule has 0 radical (unpaired) electrons. The van der Waals surface area contributed by atoms with Crippen molar-refractivity contribution in [2.45, 2.75) is 51.6 Å². The van der Waals surface area contributed by atoms with Crippen LogP contribution in [-0.2, 0) is 28.3 Å². The monoisotopic (exact) mass is 508 g/mol. The molecule has 3 rings (SSSR count). The van der Waals surface area contributed by atoms with Gasteiger partial charge in [-0.3, -0.25) is 9.59 Å². The number of aryl methyl sites for hydroxylation is 1. The maximum absolute atomic E-state index is 13.6. The topological polar surface area (TPSA) is 49.4 Å². The molecule has 2 amide bonds. The fraction of sp³-hybridized carbons (Fsp3) is 0.310. The summed E-state index contributed by atoms with van der Waals surface area (Å²) in [5.41, 5.74) is 4.33. The number of hydrogen-bond donors (Lipinski definition) is 1. The largest absolute Gasteiger partial charge is 0.352 e. The summed E-state index contributed by atoms with van der Waals surface area (Å²) < 4.78 is 0. The van der Waals surface area contributed by atoms with Crippen molar-refractivity contribution >= 4 is 35.2 Å². The minimum absolute atomic E-state index is 0.0241. The van der Waals surface area contributed by atoms with E-state index in [4.69, 9.17) is 11.6 Å². The standard InChI is InChI=1S/C29H33ClN2O2S/c1-21(2)31-29(34)27(17-23-9-5-4-6-10-23)32(18-24-12-14-26(30)15-13-24)28(33)20-35-19-25-11-7-8-22(3)16-25/h4-16,21,27H,17-20H2,1-3H3,(H,31,34). The number of amides is 2. The van der Waals surface area contributed by atoms with Crippen LogP contribution in [0.25, 0.3) is 0 Å². The van der Waals surface area contributed by atoms with Crippen molar-refractivity contribution in [1.82, 2.24) is 10.2 Å². The molecule has 0 aromatic heterocycles. The number of hydrogen-bond acceptors (Lipinski definition) is 3. The molecule has 6 heteroatoms. The van der Waals surface area contributed by atoms with E-state index in [1.54, 1.807) is 16.7 Å². The van der Waals surface area contributed by atoms with E-state index in [9.17, 15) is 9.59 Å². The Balaban J connectivity index is 1.84. The molecule has 184 valence electrons. The van der Waals surface area contributed by atoms with Crippen molar-refractivity contribution in [3.05, 3.63) is 106 Å². The second-order valence-electron chi connectivity index (χ2n) is 9.00. The molecule has 1 atom stereocenters. The van der Waals surface area contributed by atoms with E-state index >= 15 is 0 Å². The van der Waals surface area contributed by atoms with Crippen LogP contribution in [0.3, 0.4) is 0 Å². The molecule has 3 aromatic carbocycles. The zero-order chi connectivity index (χ0) is 25.2. The molecule has 0 aliphatic rings. The number of halogens is 1. The van der Waals surface area contributed by atoms with Crippen molar-refractivity contribution in [3.8, 4) is 0 Å². The summed E-state index contributed by atoms with van der Waals surface area (Å²) in [5.74, 6) is 0.832. The van der Waals surface area contributed by atoms with Crippen LogP contribution < -0.4 is 5.32 Å². The van der Waals surface area contributed by atoms with Crippen LogP contribution in [-0.4, -0.2) is 34.6 Å². The minimum Gasteiger partial charge on any atom is -0.352 e. The van der Waals surface area contributed by atoms with E-state index in [2.05, 4.69) is 30.4 Å². The van der Waals surface area contributed by atoms with Gasteiger partial charge < -0.3 is 10.2 Å². The fourth-order valence-electron chi connectivity index (χ4n) is 3.86. The quantitative estimate of drug-likeness (QED) is 0.343. The van der Waals surface area contributed by atoms with E-state index < -0.39 is 6.04 Å². The van der Waals surface area contributed by atoms with Gasteiger partial charge in [-0.15, -0.1) is 11.8 Å². The molecule has 1 unspecified atom stereocenters. The molecule has 0 spiro atoms. The molecule has 4 nitrogen and oxygen atoms in total. The number of thioether (sulfide) groups is 1. The average Bonchev–Trinajstić information content (AvgIpc) is 2.82. The Morgan fingerprint density at radius 3 is 2.26 bits per heavy atom. The van der Waals surface area contributed by atoms with Gasteiger partial charge in [0.15, 0.2) is 0 Å². The normalized spacial score (nSPS) is 11.8. The number of nitrogens with zero attached hydrogens (tertiary/aromatic N) is 1. The highest BCUT2D eigenvalue weighted by molar-refractivity contribution is 7.99. The molecular weight excluding hydrogens is 476 g/mol. The molecule has 0 heterocycles. The molecule has 0 aliphatic carbocycles. The maximum Gasteiger partial charge on any atom is 0.243 e. The Labute approximate surface area is 218 Å². The Bertz CT molecular complexity index is 1100. The molecule has 1 N–H and O–H groups in total. The van der Waals surface area contributed by atoms with Gasteiger partial charge in [-0.1, -0.05) is 83.9 Å². The minimum atomic E-state index is -0.623. The lowest BCUT2D eigenvalue weighted by Gasteiger charge is -2.32. The second-order valence-corrected chi connectivity index (χ2v) is 10.4. The number of benzene rings is 3. The average molecular weight is 509 g/mol. The first-order chi connectivity index (χ1) is 16.8. The third kappa shape index (κ3) is 8.75. The summed E-state index contributed by atoms with van der Waals surface area (Å²) >= 11 is 7.65. The molecular formula is C29H33ClN2O2S. The van der Waals surface area contributed by atoms with Crippen molar-refractivity contribution in [3.63, 3.8) is 0 Å². The Morgan fingerprint density at radius 2 is 1.60 bits per heavy atom. The smallest absolute Gasteiger partial charge is 0.243 e. The zero-order valence-corrected chi connectivity index (χ0v) is 22.1. The van der Waals surface area contributed by atoms with Crippen LogP contribution in [0.5, 0.6) is 0 Å². The van der Waals surface area contributed by atoms with Gasteiger partial charge in [0.05, 0.1) is 5.75 Å². The first-order valence-electron chi connectivity index (χ1n) is 11.8. The Kier molecular flexibility index (Phi) is 10.2. The summed E-state index contributed by atoms with van der Waals surface area (Å²) in [6, 6.07) is 24.9. The van der Waals surface area contributed by atoms with Gasteiger partial charge in [0.1, 0.15) is 6.04 Å². The number of carbonyl (C=O) groups excluding carboxylic acids is 2. The molecule has 35 heavy (non-hydrogen) atoms. The van der Waals surface area contributed by atoms with E-state index in [-0.39, 0.29) is 17.9 Å². The summed E-state index contributed by atoms with van der Waals surface area (Å²) in [6.45, 7) is 6.26. The molecule has 0 saturated carbocycles. The summed E-state index contributed by atoms with van der Waals surface area (Å²) in [7, 11) is 0. The van der Waals surface area contributed by atoms with Crippen LogP contribution in [0.2, 0.25) is 5.02 Å². The second kappa shape index (κ2) is 13.4. The van der Waals surface area contributed by atoms with Crippen molar-refractivity contribution in [1.29, 1.82) is 0 Å². The van der Waals surface area contributed by atoms with Crippen LogP contribution in [0.15, 0.2) is 78.9 Å². The van der Waals surface area contributed by atoms with Crippen molar-refractivity contribution < 1.29 is 9.59 Å². The number of carbonyl (C=O) groups is 2. The molecule has 0 saturated heterocycles. The zero-order valence-electron chi connectivity index (χ0n) is 20.5. The van der Waals surface area contributed by atoms with Crippen LogP contribution >= 0.6 is 23.4 Å². The first kappa shape index (κ1) is 26.8. The predicted octanol–water partition coefficient (Wildman–Crippen LogP) is 6.05. The summed E-state index contributed by atoms with van der Waals surface area (Å²) in [4.78, 5) is 28.7. The molecule has 0 bridgehead atoms. The van der Waals surface area contributed by atoms with Crippen LogP contribution in [0, 0.1) is 6.92 Å². The van der Waals surface area contributed by atoms with E-state index in [1.807, 2.05) is 74.5 Å². The predicted molar refractivity (Wildman–Crippen MR) is 147 cm³/mol. The lowest BCUT2D eigenvalue weighted by atomic mass is 10.0. The lowest BCUT2D eigenvalue weighted by Crippen LogP contribution is -2.52. The van der Waals surface area contributed by atoms with Gasteiger partial charge in [0, 0.05) is 29.8 Å². The fourth-order valence-corrected chi connectivity index (χ4v) is 4.85. The summed E-state index contributed by atoms with van der Waals surface area (Å²) in [5, 5.41) is 3.66. The van der Waals surface area contributed by atoms with Gasteiger partial charge in [-0.05, 0) is 49.6 Å². The van der Waals surface area contributed by atoms with Crippen molar-refractivity contribution in [2.24, 2.45) is 0 Å². The van der Waals surface area contributed by atoms with Crippen LogP contribution in [0.1, 0.15) is 36.1 Å². The van der Waals surface area contributed by atoms with Crippen LogP contribution in [0.4, 0.5) is 0 Å². The Hall–Kier alpha value is -2.76. The maximum atomic E-state index is 13.6. The third-order valence-corrected chi connectivity index (χ3v) is 6.79. The van der Waals surface area contributed by atoms with Gasteiger partial charge in [-0.2, -0.15) is 0 Å². The van der Waals surface area contributed by atoms with Gasteiger partial charge >= 0.3 is 0 Å². The highest BCUT2D eigenvalue weighted by atomic mass is 35.5. The van der Waals surface area contributed by atoms with Crippen molar-refractivity contribution in [2.75, 3.05) is 5.75 Å². The van der Waals surface area contributed by atoms with E-state index in [1.165, 1.54) is 11.1 Å². The lowest BCUT2D eigenvalue weighted by molar-refractivity contribution is -0.139. The highest BCUT2D eigenvalue weighted by Gasteiger charge is 2.30. The van der Waals surface area contributed by atoms with Gasteiger partial charge in [-0.25, -0.2) is 0 Å². The first-order valence-corrected chi connectivity index (χ1v) is 13.4. The van der Waals surface area contributed by atoms with E-state index in [0.717, 1.165) is 16.9 Å². The number of rotatable bonds is 11.